The normalized spacial score (nSPS) is 13.5. The minimum Gasteiger partial charge on any atom is -0.477 e. The molecule has 0 heterocycles. The van der Waals surface area contributed by atoms with Crippen LogP contribution in [0.5, 0.6) is 0 Å². The van der Waals surface area contributed by atoms with E-state index in [4.69, 9.17) is 9.84 Å². The minimum absolute atomic E-state index is 0.0499. The summed E-state index contributed by atoms with van der Waals surface area (Å²) in [6.45, 7) is 0.680. The molecule has 1 atom stereocenters. The van der Waals surface area contributed by atoms with E-state index in [9.17, 15) is 23.2 Å². The van der Waals surface area contributed by atoms with Gasteiger partial charge in [0.25, 0.3) is 0 Å². The van der Waals surface area contributed by atoms with Crippen LogP contribution < -0.4 is 10.6 Å². The molecule has 0 aliphatic heterocycles. The van der Waals surface area contributed by atoms with Crippen LogP contribution in [0.25, 0.3) is 11.1 Å². The first kappa shape index (κ1) is 24.2. The number of alkyl carbamates (subject to hydrolysis) is 1. The second-order valence-corrected chi connectivity index (χ2v) is 8.05. The van der Waals surface area contributed by atoms with Gasteiger partial charge in [-0.25, -0.2) is 9.59 Å². The van der Waals surface area contributed by atoms with Gasteiger partial charge in [0.1, 0.15) is 6.61 Å². The van der Waals surface area contributed by atoms with E-state index in [-0.39, 0.29) is 25.0 Å². The summed E-state index contributed by atoms with van der Waals surface area (Å²) >= 11 is 0. The predicted molar refractivity (Wildman–Crippen MR) is 117 cm³/mol. The summed E-state index contributed by atoms with van der Waals surface area (Å²) in [4.78, 5) is 34.2. The van der Waals surface area contributed by atoms with Crippen molar-refractivity contribution >= 4 is 18.0 Å². The number of nitrogens with one attached hydrogen (secondary N) is 2. The number of ether oxygens (including phenoxy) is 1. The largest absolute Gasteiger partial charge is 0.477 e. The summed E-state index contributed by atoms with van der Waals surface area (Å²) in [6, 6.07) is 15.7. The number of aliphatic carboxylic acids is 1. The number of carbonyl (C=O) groups is 3. The second-order valence-electron chi connectivity index (χ2n) is 8.05. The number of amides is 2. The van der Waals surface area contributed by atoms with Gasteiger partial charge in [-0.2, -0.15) is 8.78 Å². The molecule has 1 aliphatic rings. The SMILES string of the molecule is CC(CCCC(=O)NCC(F)(F)C(=O)O)NC(=O)OCC1c2ccccc2-c2ccccc21. The molecule has 3 N–H and O–H groups in total. The maximum atomic E-state index is 13.0. The van der Waals surface area contributed by atoms with Gasteiger partial charge in [0.2, 0.25) is 5.91 Å². The number of alkyl halides is 2. The van der Waals surface area contributed by atoms with E-state index in [0.717, 1.165) is 22.3 Å². The van der Waals surface area contributed by atoms with Crippen LogP contribution in [0.1, 0.15) is 43.2 Å². The number of halogens is 2. The lowest BCUT2D eigenvalue weighted by molar-refractivity contribution is -0.164. The maximum absolute atomic E-state index is 13.0. The summed E-state index contributed by atoms with van der Waals surface area (Å²) < 4.78 is 31.4. The number of fused-ring (bicyclic) bond motifs is 3. The number of hydrogen-bond acceptors (Lipinski definition) is 4. The van der Waals surface area contributed by atoms with Crippen molar-refractivity contribution in [3.8, 4) is 11.1 Å². The number of benzene rings is 2. The van der Waals surface area contributed by atoms with E-state index in [1.807, 2.05) is 41.7 Å². The minimum atomic E-state index is -4.01. The molecule has 33 heavy (non-hydrogen) atoms. The molecule has 7 nitrogen and oxygen atoms in total. The zero-order valence-electron chi connectivity index (χ0n) is 18.1. The molecule has 3 rings (SSSR count). The van der Waals surface area contributed by atoms with Crippen LogP contribution in [0.4, 0.5) is 13.6 Å². The molecular formula is C24H26F2N2O5. The standard InChI is InChI=1S/C24H26F2N2O5/c1-15(7-6-12-21(29)27-14-24(25,26)22(30)31)28-23(32)33-13-20-18-10-4-2-8-16(18)17-9-3-5-11-19(17)20/h2-5,8-11,15,20H,6-7,12-14H2,1H3,(H,27,29)(H,28,32)(H,30,31). The first-order valence-corrected chi connectivity index (χ1v) is 10.7. The van der Waals surface area contributed by atoms with Crippen molar-refractivity contribution in [2.24, 2.45) is 0 Å². The van der Waals surface area contributed by atoms with Gasteiger partial charge in [-0.15, -0.1) is 0 Å². The molecule has 0 radical (unpaired) electrons. The molecule has 2 aromatic rings. The molecule has 2 aromatic carbocycles. The first-order valence-electron chi connectivity index (χ1n) is 10.7. The van der Waals surface area contributed by atoms with Crippen molar-refractivity contribution < 1.29 is 33.0 Å². The lowest BCUT2D eigenvalue weighted by atomic mass is 9.98. The number of hydrogen-bond donors (Lipinski definition) is 3. The monoisotopic (exact) mass is 460 g/mol. The Kier molecular flexibility index (Phi) is 7.63. The van der Waals surface area contributed by atoms with E-state index < -0.39 is 30.4 Å². The van der Waals surface area contributed by atoms with Crippen LogP contribution in [0.15, 0.2) is 48.5 Å². The van der Waals surface area contributed by atoms with Crippen molar-refractivity contribution in [1.29, 1.82) is 0 Å². The van der Waals surface area contributed by atoms with E-state index >= 15 is 0 Å². The van der Waals surface area contributed by atoms with Crippen LogP contribution in [0, 0.1) is 0 Å². The van der Waals surface area contributed by atoms with Crippen molar-refractivity contribution in [3.05, 3.63) is 59.7 Å². The molecule has 1 aliphatic carbocycles. The van der Waals surface area contributed by atoms with Crippen LogP contribution >= 0.6 is 0 Å². The molecule has 176 valence electrons. The average Bonchev–Trinajstić information content (AvgIpc) is 3.10. The second kappa shape index (κ2) is 10.4. The third-order valence-corrected chi connectivity index (χ3v) is 5.57. The number of carboxylic acid groups (broad SMARTS) is 1. The molecule has 1 unspecified atom stereocenters. The Bertz CT molecular complexity index is 982. The Labute approximate surface area is 190 Å². The van der Waals surface area contributed by atoms with E-state index in [1.165, 1.54) is 0 Å². The summed E-state index contributed by atoms with van der Waals surface area (Å²) in [5.74, 6) is -7.02. The number of carbonyl (C=O) groups excluding carboxylic acids is 2. The highest BCUT2D eigenvalue weighted by molar-refractivity contribution is 5.80. The molecule has 0 aromatic heterocycles. The fourth-order valence-electron chi connectivity index (χ4n) is 3.86. The summed E-state index contributed by atoms with van der Waals surface area (Å²) in [6.07, 6.45) is 0.115. The Hall–Kier alpha value is -3.49. The van der Waals surface area contributed by atoms with Gasteiger partial charge >= 0.3 is 18.0 Å². The Morgan fingerprint density at radius 3 is 2.21 bits per heavy atom. The van der Waals surface area contributed by atoms with Crippen LogP contribution in [-0.4, -0.2) is 48.2 Å². The molecule has 0 fully saturated rings. The molecular weight excluding hydrogens is 434 g/mol. The highest BCUT2D eigenvalue weighted by Crippen LogP contribution is 2.44. The first-order chi connectivity index (χ1) is 15.7. The van der Waals surface area contributed by atoms with E-state index in [1.54, 1.807) is 6.92 Å². The van der Waals surface area contributed by atoms with Gasteiger partial charge in [0.05, 0.1) is 6.54 Å². The smallest absolute Gasteiger partial charge is 0.407 e. The van der Waals surface area contributed by atoms with Crippen LogP contribution in [0.3, 0.4) is 0 Å². The van der Waals surface area contributed by atoms with Crippen molar-refractivity contribution in [2.45, 2.75) is 44.1 Å². The molecule has 0 spiro atoms. The van der Waals surface area contributed by atoms with Gasteiger partial charge in [-0.05, 0) is 42.0 Å². The van der Waals surface area contributed by atoms with Crippen molar-refractivity contribution in [3.63, 3.8) is 0 Å². The lowest BCUT2D eigenvalue weighted by Gasteiger charge is -2.17. The van der Waals surface area contributed by atoms with Gasteiger partial charge in [0.15, 0.2) is 0 Å². The zero-order chi connectivity index (χ0) is 24.0. The highest BCUT2D eigenvalue weighted by Gasteiger charge is 2.38. The van der Waals surface area contributed by atoms with E-state index in [0.29, 0.717) is 12.8 Å². The fourth-order valence-corrected chi connectivity index (χ4v) is 3.86. The maximum Gasteiger partial charge on any atom is 0.407 e. The Morgan fingerprint density at radius 1 is 1.06 bits per heavy atom. The quantitative estimate of drug-likeness (QED) is 0.499. The summed E-state index contributed by atoms with van der Waals surface area (Å²) in [7, 11) is 0. The molecule has 0 bridgehead atoms. The van der Waals surface area contributed by atoms with Crippen LogP contribution in [-0.2, 0) is 14.3 Å². The molecule has 2 amide bonds. The van der Waals surface area contributed by atoms with Gasteiger partial charge in [-0.3, -0.25) is 4.79 Å². The van der Waals surface area contributed by atoms with Crippen LogP contribution in [0.2, 0.25) is 0 Å². The summed E-state index contributed by atoms with van der Waals surface area (Å²) in [5, 5.41) is 13.0. The number of rotatable bonds is 10. The number of carboxylic acids is 1. The Balaban J connectivity index is 1.41. The van der Waals surface area contributed by atoms with Gasteiger partial charge < -0.3 is 20.5 Å². The van der Waals surface area contributed by atoms with E-state index in [2.05, 4.69) is 17.4 Å². The third-order valence-electron chi connectivity index (χ3n) is 5.57. The highest BCUT2D eigenvalue weighted by atomic mass is 19.3. The van der Waals surface area contributed by atoms with Gasteiger partial charge in [0, 0.05) is 18.4 Å². The zero-order valence-corrected chi connectivity index (χ0v) is 18.1. The molecule has 0 saturated heterocycles. The third kappa shape index (κ3) is 6.06. The molecule has 0 saturated carbocycles. The van der Waals surface area contributed by atoms with Crippen molar-refractivity contribution in [2.75, 3.05) is 13.2 Å². The molecule has 9 heteroatoms. The van der Waals surface area contributed by atoms with Gasteiger partial charge in [-0.1, -0.05) is 48.5 Å². The average molecular weight is 460 g/mol. The van der Waals surface area contributed by atoms with Crippen molar-refractivity contribution in [1.82, 2.24) is 10.6 Å². The topological polar surface area (TPSA) is 105 Å². The lowest BCUT2D eigenvalue weighted by Crippen LogP contribution is -2.42. The Morgan fingerprint density at radius 2 is 1.64 bits per heavy atom. The summed E-state index contributed by atoms with van der Waals surface area (Å²) in [5.41, 5.74) is 4.49. The fraction of sp³-hybridized carbons (Fsp3) is 0.375. The predicted octanol–water partition coefficient (Wildman–Crippen LogP) is 3.92.